The Balaban J connectivity index is 2.05. The van der Waals surface area contributed by atoms with Crippen LogP contribution in [0.25, 0.3) is 22.4 Å². The van der Waals surface area contributed by atoms with Crippen molar-refractivity contribution in [1.82, 2.24) is 9.97 Å². The van der Waals surface area contributed by atoms with Crippen LogP contribution in [0, 0.1) is 13.8 Å². The molecule has 0 atom stereocenters. The Bertz CT molecular complexity index is 710. The monoisotopic (exact) mass is 264 g/mol. The molecule has 0 amide bonds. The summed E-state index contributed by atoms with van der Waals surface area (Å²) in [5.41, 5.74) is 7.22. The number of nitrogens with one attached hydrogen (secondary N) is 1. The number of imidazole rings is 1. The lowest BCUT2D eigenvalue weighted by atomic mass is 10.0. The van der Waals surface area contributed by atoms with Crippen LogP contribution in [0.2, 0.25) is 0 Å². The minimum atomic E-state index is 0.560. The molecule has 0 spiro atoms. The van der Waals surface area contributed by atoms with E-state index in [-0.39, 0.29) is 0 Å². The van der Waals surface area contributed by atoms with Crippen LogP contribution in [0.5, 0.6) is 0 Å². The maximum absolute atomic E-state index is 4.70. The summed E-state index contributed by atoms with van der Waals surface area (Å²) < 4.78 is 0. The number of aryl methyl sites for hydroxylation is 2. The van der Waals surface area contributed by atoms with Crippen LogP contribution in [-0.4, -0.2) is 9.97 Å². The van der Waals surface area contributed by atoms with Gasteiger partial charge in [-0.2, -0.15) is 0 Å². The third kappa shape index (κ3) is 2.22. The second-order valence-electron chi connectivity index (χ2n) is 5.82. The molecule has 0 aliphatic carbocycles. The molecule has 1 aromatic heterocycles. The molecule has 3 rings (SSSR count). The zero-order valence-electron chi connectivity index (χ0n) is 12.5. The molecule has 3 aromatic rings. The highest BCUT2D eigenvalue weighted by molar-refractivity contribution is 5.81. The van der Waals surface area contributed by atoms with Gasteiger partial charge in [-0.3, -0.25) is 0 Å². The predicted molar refractivity (Wildman–Crippen MR) is 85.1 cm³/mol. The molecule has 0 radical (unpaired) electrons. The molecule has 0 unspecified atom stereocenters. The van der Waals surface area contributed by atoms with Gasteiger partial charge in [0.15, 0.2) is 0 Å². The van der Waals surface area contributed by atoms with Crippen molar-refractivity contribution in [3.05, 3.63) is 53.1 Å². The Morgan fingerprint density at radius 3 is 2.25 bits per heavy atom. The van der Waals surface area contributed by atoms with Crippen LogP contribution in [0.1, 0.15) is 36.5 Å². The van der Waals surface area contributed by atoms with E-state index < -0.39 is 0 Å². The van der Waals surface area contributed by atoms with Crippen molar-refractivity contribution in [3.8, 4) is 11.4 Å². The summed E-state index contributed by atoms with van der Waals surface area (Å²) in [4.78, 5) is 8.12. The molecule has 2 nitrogen and oxygen atoms in total. The van der Waals surface area contributed by atoms with E-state index in [1.54, 1.807) is 0 Å². The van der Waals surface area contributed by atoms with Gasteiger partial charge >= 0.3 is 0 Å². The lowest BCUT2D eigenvalue weighted by molar-refractivity contribution is 0.867. The van der Waals surface area contributed by atoms with Crippen LogP contribution < -0.4 is 0 Å². The third-order valence-corrected chi connectivity index (χ3v) is 3.95. The summed E-state index contributed by atoms with van der Waals surface area (Å²) >= 11 is 0. The molecule has 102 valence electrons. The van der Waals surface area contributed by atoms with Gasteiger partial charge in [0.2, 0.25) is 0 Å². The minimum absolute atomic E-state index is 0.560. The standard InChI is InChI=1S/C18H20N2/c1-11(2)14-5-7-15(8-6-14)18-19-16-9-12(3)13(4)10-17(16)20-18/h5-11H,1-4H3,(H,19,20). The lowest BCUT2D eigenvalue weighted by Crippen LogP contribution is -1.87. The fourth-order valence-corrected chi connectivity index (χ4v) is 2.43. The molecule has 2 heteroatoms. The maximum atomic E-state index is 4.70. The van der Waals surface area contributed by atoms with Crippen molar-refractivity contribution in [1.29, 1.82) is 0 Å². The van der Waals surface area contributed by atoms with Gasteiger partial charge in [0.1, 0.15) is 5.82 Å². The molecule has 0 saturated carbocycles. The molecule has 0 bridgehead atoms. The zero-order valence-corrected chi connectivity index (χ0v) is 12.5. The Labute approximate surface area is 119 Å². The third-order valence-electron chi connectivity index (χ3n) is 3.95. The van der Waals surface area contributed by atoms with Gasteiger partial charge in [-0.1, -0.05) is 38.1 Å². The lowest BCUT2D eigenvalue weighted by Gasteiger charge is -2.05. The van der Waals surface area contributed by atoms with Gasteiger partial charge < -0.3 is 4.98 Å². The summed E-state index contributed by atoms with van der Waals surface area (Å²) in [5, 5.41) is 0. The normalized spacial score (nSPS) is 11.4. The van der Waals surface area contributed by atoms with E-state index in [1.807, 2.05) is 0 Å². The fraction of sp³-hybridized carbons (Fsp3) is 0.278. The van der Waals surface area contributed by atoms with Gasteiger partial charge in [-0.25, -0.2) is 4.98 Å². The van der Waals surface area contributed by atoms with Crippen molar-refractivity contribution in [3.63, 3.8) is 0 Å². The highest BCUT2D eigenvalue weighted by Crippen LogP contribution is 2.24. The number of rotatable bonds is 2. The van der Waals surface area contributed by atoms with E-state index >= 15 is 0 Å². The predicted octanol–water partition coefficient (Wildman–Crippen LogP) is 4.97. The summed E-state index contributed by atoms with van der Waals surface area (Å²) in [6, 6.07) is 13.0. The van der Waals surface area contributed by atoms with Gasteiger partial charge in [0.05, 0.1) is 11.0 Å². The number of nitrogens with zero attached hydrogens (tertiary/aromatic N) is 1. The molecule has 0 saturated heterocycles. The van der Waals surface area contributed by atoms with Crippen molar-refractivity contribution in [2.24, 2.45) is 0 Å². The highest BCUT2D eigenvalue weighted by Gasteiger charge is 2.07. The topological polar surface area (TPSA) is 28.7 Å². The van der Waals surface area contributed by atoms with Crippen molar-refractivity contribution >= 4 is 11.0 Å². The van der Waals surface area contributed by atoms with Gasteiger partial charge in [-0.15, -0.1) is 0 Å². The highest BCUT2D eigenvalue weighted by atomic mass is 14.9. The van der Waals surface area contributed by atoms with Gasteiger partial charge in [0, 0.05) is 5.56 Å². The SMILES string of the molecule is Cc1cc2nc(-c3ccc(C(C)C)cc3)[nH]c2cc1C. The molecule has 1 N–H and O–H groups in total. The number of H-pyrrole nitrogens is 1. The van der Waals surface area contributed by atoms with Crippen LogP contribution in [0.15, 0.2) is 36.4 Å². The Kier molecular flexibility index (Phi) is 3.09. The van der Waals surface area contributed by atoms with Crippen LogP contribution in [0.4, 0.5) is 0 Å². The van der Waals surface area contributed by atoms with Crippen molar-refractivity contribution in [2.75, 3.05) is 0 Å². The molecule has 1 heterocycles. The summed E-state index contributed by atoms with van der Waals surface area (Å²) in [5.74, 6) is 1.50. The van der Waals surface area contributed by atoms with Crippen LogP contribution in [0.3, 0.4) is 0 Å². The number of aromatic nitrogens is 2. The molecule has 2 aromatic carbocycles. The van der Waals surface area contributed by atoms with Gasteiger partial charge in [-0.05, 0) is 48.6 Å². The molecule has 0 aliphatic heterocycles. The molecule has 0 fully saturated rings. The van der Waals surface area contributed by atoms with Crippen LogP contribution >= 0.6 is 0 Å². The first-order valence-electron chi connectivity index (χ1n) is 7.12. The van der Waals surface area contributed by atoms with E-state index in [0.717, 1.165) is 22.4 Å². The fourth-order valence-electron chi connectivity index (χ4n) is 2.43. The summed E-state index contributed by atoms with van der Waals surface area (Å²) in [7, 11) is 0. The Morgan fingerprint density at radius 2 is 1.60 bits per heavy atom. The minimum Gasteiger partial charge on any atom is -0.338 e. The quantitative estimate of drug-likeness (QED) is 0.695. The summed E-state index contributed by atoms with van der Waals surface area (Å²) in [6.07, 6.45) is 0. The average Bonchev–Trinajstić information content (AvgIpc) is 2.82. The van der Waals surface area contributed by atoms with Crippen LogP contribution in [-0.2, 0) is 0 Å². The van der Waals surface area contributed by atoms with Gasteiger partial charge in [0.25, 0.3) is 0 Å². The first-order chi connectivity index (χ1) is 9.54. The zero-order chi connectivity index (χ0) is 14.3. The number of aromatic amines is 1. The largest absolute Gasteiger partial charge is 0.338 e. The smallest absolute Gasteiger partial charge is 0.138 e. The second kappa shape index (κ2) is 4.78. The van der Waals surface area contributed by atoms with E-state index in [4.69, 9.17) is 4.98 Å². The van der Waals surface area contributed by atoms with E-state index in [1.165, 1.54) is 16.7 Å². The number of hydrogen-bond acceptors (Lipinski definition) is 1. The number of fused-ring (bicyclic) bond motifs is 1. The number of hydrogen-bond donors (Lipinski definition) is 1. The average molecular weight is 264 g/mol. The molecular weight excluding hydrogens is 244 g/mol. The van der Waals surface area contributed by atoms with E-state index in [9.17, 15) is 0 Å². The summed E-state index contributed by atoms with van der Waals surface area (Å²) in [6.45, 7) is 8.68. The molecular formula is C18H20N2. The first-order valence-corrected chi connectivity index (χ1v) is 7.12. The first kappa shape index (κ1) is 12.9. The number of benzene rings is 2. The Hall–Kier alpha value is -2.09. The Morgan fingerprint density at radius 1 is 0.950 bits per heavy atom. The second-order valence-corrected chi connectivity index (χ2v) is 5.82. The molecule has 0 aliphatic rings. The molecule has 20 heavy (non-hydrogen) atoms. The van der Waals surface area contributed by atoms with E-state index in [2.05, 4.69) is 69.1 Å². The van der Waals surface area contributed by atoms with Crippen molar-refractivity contribution < 1.29 is 0 Å². The van der Waals surface area contributed by atoms with E-state index in [0.29, 0.717) is 5.92 Å². The van der Waals surface area contributed by atoms with Crippen molar-refractivity contribution in [2.45, 2.75) is 33.6 Å². The maximum Gasteiger partial charge on any atom is 0.138 e.